The van der Waals surface area contributed by atoms with Crippen LogP contribution in [0.1, 0.15) is 31.1 Å². The Hall–Kier alpha value is -3.36. The van der Waals surface area contributed by atoms with E-state index >= 15 is 0 Å². The number of hydrogen-bond acceptors (Lipinski definition) is 4. The molecule has 0 saturated carbocycles. The fourth-order valence-corrected chi connectivity index (χ4v) is 3.16. The van der Waals surface area contributed by atoms with Crippen LogP contribution in [0, 0.1) is 0 Å². The first-order valence-corrected chi connectivity index (χ1v) is 9.57. The zero-order chi connectivity index (χ0) is 21.8. The van der Waals surface area contributed by atoms with Gasteiger partial charge < -0.3 is 20.3 Å². The first-order valence-electron chi connectivity index (χ1n) is 8.40. The highest BCUT2D eigenvalue weighted by Crippen LogP contribution is 2.31. The predicted octanol–water partition coefficient (Wildman–Crippen LogP) is 5.54. The van der Waals surface area contributed by atoms with Crippen LogP contribution in [-0.2, 0) is 0 Å². The topological polar surface area (TPSA) is 113 Å². The van der Waals surface area contributed by atoms with Crippen molar-refractivity contribution in [3.8, 4) is 11.5 Å². The van der Waals surface area contributed by atoms with Gasteiger partial charge in [0.2, 0.25) is 0 Å². The molecule has 1 amide bonds. The molecule has 0 saturated heterocycles. The number of ether oxygens (including phenoxy) is 1. The maximum absolute atomic E-state index is 12.6. The fourth-order valence-electron chi connectivity index (χ4n) is 2.60. The number of carbonyl (C=O) groups excluding carboxylic acids is 1. The summed E-state index contributed by atoms with van der Waals surface area (Å²) in [7, 11) is 0. The molecule has 0 fully saturated rings. The zero-order valence-electron chi connectivity index (χ0n) is 15.1. The van der Waals surface area contributed by atoms with Crippen LogP contribution in [-0.4, -0.2) is 28.1 Å². The Bertz CT molecular complexity index is 1160. The highest BCUT2D eigenvalue weighted by molar-refractivity contribution is 9.10. The predicted molar refractivity (Wildman–Crippen MR) is 114 cm³/mol. The summed E-state index contributed by atoms with van der Waals surface area (Å²) in [4.78, 5) is 35.2. The minimum absolute atomic E-state index is 0.0968. The third-order valence-corrected chi connectivity index (χ3v) is 4.81. The number of carbonyl (C=O) groups is 3. The molecule has 0 spiro atoms. The van der Waals surface area contributed by atoms with Gasteiger partial charge in [0.25, 0.3) is 5.91 Å². The number of carboxylic acid groups (broad SMARTS) is 2. The molecule has 0 unspecified atom stereocenters. The van der Waals surface area contributed by atoms with Gasteiger partial charge in [0, 0.05) is 4.47 Å². The second-order valence-electron chi connectivity index (χ2n) is 5.99. The first kappa shape index (κ1) is 21.4. The van der Waals surface area contributed by atoms with Crippen LogP contribution >= 0.6 is 27.5 Å². The van der Waals surface area contributed by atoms with Crippen molar-refractivity contribution in [3.05, 3.63) is 86.8 Å². The molecular weight excluding hydrogens is 478 g/mol. The molecule has 0 atom stereocenters. The Balaban J connectivity index is 1.90. The number of nitrogens with one attached hydrogen (secondary N) is 1. The lowest BCUT2D eigenvalue weighted by Gasteiger charge is -2.13. The number of amides is 1. The fraction of sp³-hybridized carbons (Fsp3) is 0. The van der Waals surface area contributed by atoms with Crippen molar-refractivity contribution < 1.29 is 29.3 Å². The van der Waals surface area contributed by atoms with Crippen molar-refractivity contribution in [2.45, 2.75) is 0 Å². The molecule has 0 heterocycles. The Morgan fingerprint density at radius 2 is 1.57 bits per heavy atom. The largest absolute Gasteiger partial charge is 0.478 e. The molecule has 3 aromatic carbocycles. The summed E-state index contributed by atoms with van der Waals surface area (Å²) >= 11 is 9.39. The van der Waals surface area contributed by atoms with Gasteiger partial charge in [0.15, 0.2) is 5.75 Å². The lowest BCUT2D eigenvalue weighted by Crippen LogP contribution is -2.13. The van der Waals surface area contributed by atoms with E-state index in [1.165, 1.54) is 6.07 Å². The molecule has 3 rings (SSSR count). The number of para-hydroxylation sites is 2. The molecule has 0 bridgehead atoms. The van der Waals surface area contributed by atoms with Gasteiger partial charge in [-0.05, 0) is 48.5 Å². The molecule has 0 aliphatic heterocycles. The van der Waals surface area contributed by atoms with Gasteiger partial charge in [0.05, 0.1) is 27.4 Å². The van der Waals surface area contributed by atoms with Crippen molar-refractivity contribution in [1.29, 1.82) is 0 Å². The van der Waals surface area contributed by atoms with E-state index in [0.29, 0.717) is 10.2 Å². The zero-order valence-corrected chi connectivity index (χ0v) is 17.4. The Morgan fingerprint density at radius 3 is 2.27 bits per heavy atom. The van der Waals surface area contributed by atoms with E-state index in [1.54, 1.807) is 42.5 Å². The third-order valence-electron chi connectivity index (χ3n) is 3.99. The van der Waals surface area contributed by atoms with E-state index < -0.39 is 23.4 Å². The van der Waals surface area contributed by atoms with Gasteiger partial charge in [-0.1, -0.05) is 39.7 Å². The van der Waals surface area contributed by atoms with Crippen molar-refractivity contribution >= 4 is 51.1 Å². The average Bonchev–Trinajstić information content (AvgIpc) is 2.71. The van der Waals surface area contributed by atoms with Crippen molar-refractivity contribution in [2.75, 3.05) is 5.32 Å². The van der Waals surface area contributed by atoms with E-state index in [0.717, 1.165) is 12.1 Å². The van der Waals surface area contributed by atoms with Crippen LogP contribution in [0.25, 0.3) is 0 Å². The van der Waals surface area contributed by atoms with E-state index in [4.69, 9.17) is 21.4 Å². The molecule has 9 heteroatoms. The molecule has 7 nitrogen and oxygen atoms in total. The molecule has 0 aliphatic rings. The maximum atomic E-state index is 12.6. The van der Waals surface area contributed by atoms with E-state index in [9.17, 15) is 19.5 Å². The number of hydrogen-bond donors (Lipinski definition) is 3. The van der Waals surface area contributed by atoms with Crippen LogP contribution in [0.2, 0.25) is 5.02 Å². The van der Waals surface area contributed by atoms with E-state index in [2.05, 4.69) is 21.2 Å². The van der Waals surface area contributed by atoms with Crippen molar-refractivity contribution in [2.24, 2.45) is 0 Å². The summed E-state index contributed by atoms with van der Waals surface area (Å²) in [6.07, 6.45) is 0. The van der Waals surface area contributed by atoms with Gasteiger partial charge in [-0.25, -0.2) is 9.59 Å². The van der Waals surface area contributed by atoms with Crippen molar-refractivity contribution in [1.82, 2.24) is 0 Å². The summed E-state index contributed by atoms with van der Waals surface area (Å²) in [6.45, 7) is 0. The van der Waals surface area contributed by atoms with Gasteiger partial charge in [-0.2, -0.15) is 0 Å². The Morgan fingerprint density at radius 1 is 0.867 bits per heavy atom. The molecule has 152 valence electrons. The molecule has 3 N–H and O–H groups in total. The Labute approximate surface area is 184 Å². The molecular formula is C21H13BrClNO6. The van der Waals surface area contributed by atoms with E-state index in [1.807, 2.05) is 0 Å². The van der Waals surface area contributed by atoms with Crippen LogP contribution in [0.3, 0.4) is 0 Å². The molecule has 30 heavy (non-hydrogen) atoms. The van der Waals surface area contributed by atoms with E-state index in [-0.39, 0.29) is 27.6 Å². The second kappa shape index (κ2) is 8.98. The smallest absolute Gasteiger partial charge is 0.336 e. The average molecular weight is 491 g/mol. The van der Waals surface area contributed by atoms with Gasteiger partial charge in [0.1, 0.15) is 5.75 Å². The number of benzene rings is 3. The van der Waals surface area contributed by atoms with Crippen LogP contribution < -0.4 is 10.1 Å². The summed E-state index contributed by atoms with van der Waals surface area (Å²) < 4.78 is 6.39. The minimum Gasteiger partial charge on any atom is -0.478 e. The van der Waals surface area contributed by atoms with Crippen LogP contribution in [0.5, 0.6) is 11.5 Å². The number of carboxylic acids is 2. The minimum atomic E-state index is -1.40. The van der Waals surface area contributed by atoms with Gasteiger partial charge in [-0.15, -0.1) is 0 Å². The quantitative estimate of drug-likeness (QED) is 0.418. The highest BCUT2D eigenvalue weighted by Gasteiger charge is 2.18. The summed E-state index contributed by atoms with van der Waals surface area (Å²) in [5.74, 6) is -2.90. The van der Waals surface area contributed by atoms with Crippen LogP contribution in [0.15, 0.2) is 65.1 Å². The lowest BCUT2D eigenvalue weighted by molar-refractivity contribution is 0.0651. The monoisotopic (exact) mass is 489 g/mol. The standard InChI is InChI=1S/C21H13BrClNO6/c22-11-5-8-16(23)15(9-11)19(25)24-17-3-1-2-4-18(17)30-12-6-7-13(20(26)27)14(10-12)21(28)29/h1-10H,(H,24,25)(H,26,27)(H,28,29). The van der Waals surface area contributed by atoms with Crippen molar-refractivity contribution in [3.63, 3.8) is 0 Å². The normalized spacial score (nSPS) is 10.3. The first-order chi connectivity index (χ1) is 14.3. The maximum Gasteiger partial charge on any atom is 0.336 e. The lowest BCUT2D eigenvalue weighted by atomic mass is 10.1. The van der Waals surface area contributed by atoms with Gasteiger partial charge >= 0.3 is 11.9 Å². The molecule has 0 aliphatic carbocycles. The number of rotatable bonds is 6. The molecule has 0 radical (unpaired) electrons. The number of aromatic carboxylic acids is 2. The van der Waals surface area contributed by atoms with Crippen LogP contribution in [0.4, 0.5) is 5.69 Å². The SMILES string of the molecule is O=C(Nc1ccccc1Oc1ccc(C(=O)O)c(C(=O)O)c1)c1cc(Br)ccc1Cl. The number of anilines is 1. The second-order valence-corrected chi connectivity index (χ2v) is 7.32. The third kappa shape index (κ3) is 4.79. The molecule has 0 aromatic heterocycles. The van der Waals surface area contributed by atoms with Gasteiger partial charge in [-0.3, -0.25) is 4.79 Å². The summed E-state index contributed by atoms with van der Waals surface area (Å²) in [5, 5.41) is 21.4. The highest BCUT2D eigenvalue weighted by atomic mass is 79.9. The Kier molecular flexibility index (Phi) is 6.39. The summed E-state index contributed by atoms with van der Waals surface area (Å²) in [5.41, 5.74) is -0.208. The molecule has 3 aromatic rings. The number of halogens is 2. The summed E-state index contributed by atoms with van der Waals surface area (Å²) in [6, 6.07) is 15.0.